The molecule has 0 fully saturated rings. The van der Waals surface area contributed by atoms with E-state index in [2.05, 4.69) is 209 Å². The summed E-state index contributed by atoms with van der Waals surface area (Å²) in [4.78, 5) is 15.9. The molecule has 5 heteroatoms. The minimum Gasteiger partial charge on any atom is -0.280 e. The largest absolute Gasteiger partial charge is 0.280 e. The third-order valence-electron chi connectivity index (χ3n) is 11.9. The van der Waals surface area contributed by atoms with Crippen LogP contribution in [0.2, 0.25) is 0 Å². The molecule has 0 spiro atoms. The van der Waals surface area contributed by atoms with Gasteiger partial charge in [0.1, 0.15) is 22.9 Å². The molecule has 5 nitrogen and oxygen atoms in total. The average molecular weight is 785 g/mol. The summed E-state index contributed by atoms with van der Waals surface area (Å²) < 4.78 is 4.53. The van der Waals surface area contributed by atoms with Crippen molar-refractivity contribution in [2.75, 3.05) is 0 Å². The van der Waals surface area contributed by atoms with Gasteiger partial charge in [-0.25, -0.2) is 15.0 Å². The lowest BCUT2D eigenvalue weighted by Crippen LogP contribution is -2.30. The number of hydrogen-bond acceptors (Lipinski definition) is 3. The van der Waals surface area contributed by atoms with Crippen LogP contribution < -0.4 is 4.57 Å². The monoisotopic (exact) mass is 784 g/mol. The zero-order valence-electron chi connectivity index (χ0n) is 33.6. The van der Waals surface area contributed by atoms with Crippen LogP contribution in [-0.2, 0) is 6.42 Å². The normalized spacial score (nSPS) is 14.3. The second-order valence-corrected chi connectivity index (χ2v) is 15.7. The van der Waals surface area contributed by atoms with E-state index in [1.807, 2.05) is 12.1 Å². The second kappa shape index (κ2) is 15.8. The molecule has 3 aromatic heterocycles. The standard InChI is InChI=1S/C56H42N5/c1-5-15-39(16-6-1)40-25-29-44(30-26-40)52-38-60(37-51(57-52)43-17-7-2-8-18-43)48-35-33-42(34-36-48)41-27-31-46(32-28-41)54-58-55(47-21-11-4-12-22-47)61-53(45-19-9-3-10-20-45)49-23-13-14-24-50(49)56(61)59-54/h1-13,15-21,23,25-38,47H,14,22,24H2/q+1. The van der Waals surface area contributed by atoms with Crippen molar-refractivity contribution in [1.82, 2.24) is 19.4 Å². The molecule has 2 aliphatic rings. The Bertz CT molecular complexity index is 3110. The van der Waals surface area contributed by atoms with Crippen molar-refractivity contribution in [2.24, 2.45) is 0 Å². The average Bonchev–Trinajstić information content (AvgIpc) is 3.69. The van der Waals surface area contributed by atoms with Crippen LogP contribution in [0.4, 0.5) is 0 Å². The maximum absolute atomic E-state index is 5.38. The molecule has 9 aromatic rings. The minimum absolute atomic E-state index is 0.144. The summed E-state index contributed by atoms with van der Waals surface area (Å²) >= 11 is 0. The Hall–Kier alpha value is -7.76. The Balaban J connectivity index is 0.931. The summed E-state index contributed by atoms with van der Waals surface area (Å²) in [5.74, 6) is 1.93. The van der Waals surface area contributed by atoms with Crippen LogP contribution in [0.3, 0.4) is 0 Å². The number of aromatic nitrogens is 5. The molecular formula is C56H42N5+. The lowest BCUT2D eigenvalue weighted by atomic mass is 9.97. The molecule has 290 valence electrons. The molecule has 0 saturated carbocycles. The first-order valence-corrected chi connectivity index (χ1v) is 21.1. The van der Waals surface area contributed by atoms with Gasteiger partial charge >= 0.3 is 0 Å². The van der Waals surface area contributed by atoms with Crippen molar-refractivity contribution >= 4 is 11.7 Å². The third-order valence-corrected chi connectivity index (χ3v) is 11.9. The zero-order valence-corrected chi connectivity index (χ0v) is 33.6. The fourth-order valence-corrected chi connectivity index (χ4v) is 8.76. The van der Waals surface area contributed by atoms with Gasteiger partial charge in [0.15, 0.2) is 5.82 Å². The van der Waals surface area contributed by atoms with Crippen LogP contribution in [0.5, 0.6) is 0 Å². The Kier molecular flexibility index (Phi) is 9.40. The van der Waals surface area contributed by atoms with Gasteiger partial charge in [-0.05, 0) is 59.2 Å². The number of hydrogen-bond donors (Lipinski definition) is 0. The third kappa shape index (κ3) is 7.00. The summed E-state index contributed by atoms with van der Waals surface area (Å²) in [6.07, 6.45) is 20.5. The summed E-state index contributed by atoms with van der Waals surface area (Å²) in [5.41, 5.74) is 16.6. The predicted octanol–water partition coefficient (Wildman–Crippen LogP) is 13.0. The van der Waals surface area contributed by atoms with Crippen molar-refractivity contribution in [3.63, 3.8) is 0 Å². The lowest BCUT2D eigenvalue weighted by Gasteiger charge is -2.18. The van der Waals surface area contributed by atoms with Gasteiger partial charge in [-0.1, -0.05) is 176 Å². The number of aryl methyl sites for hydroxylation is 1. The maximum Gasteiger partial charge on any atom is 0.210 e. The van der Waals surface area contributed by atoms with Crippen molar-refractivity contribution in [3.05, 3.63) is 224 Å². The van der Waals surface area contributed by atoms with E-state index in [0.29, 0.717) is 0 Å². The van der Waals surface area contributed by atoms with E-state index in [4.69, 9.17) is 15.0 Å². The van der Waals surface area contributed by atoms with Crippen LogP contribution in [0.15, 0.2) is 207 Å². The fraction of sp³-hybridized carbons (Fsp3) is 0.0714. The highest BCUT2D eigenvalue weighted by atomic mass is 15.1. The van der Waals surface area contributed by atoms with Crippen molar-refractivity contribution in [1.29, 1.82) is 0 Å². The quantitative estimate of drug-likeness (QED) is 0.144. The number of rotatable bonds is 8. The van der Waals surface area contributed by atoms with Crippen LogP contribution in [0.1, 0.15) is 35.7 Å². The molecule has 0 amide bonds. The van der Waals surface area contributed by atoms with Crippen molar-refractivity contribution < 1.29 is 4.57 Å². The van der Waals surface area contributed by atoms with E-state index in [0.717, 1.165) is 81.5 Å². The number of fused-ring (bicyclic) bond motifs is 3. The number of allylic oxidation sites excluding steroid dienone is 5. The SMILES string of the molecule is C1=CCC(c2nc(-c3ccc(-c4ccc(-[n+]5cc(-c6ccccc6)nc(-c6ccc(-c7ccccc7)cc6)c5)cc4)cc3)nc3c4c(c(-c5ccccc5)n23)C=CCC4)C=C1. The second-order valence-electron chi connectivity index (χ2n) is 15.7. The highest BCUT2D eigenvalue weighted by Gasteiger charge is 2.27. The smallest absolute Gasteiger partial charge is 0.210 e. The van der Waals surface area contributed by atoms with Gasteiger partial charge < -0.3 is 0 Å². The van der Waals surface area contributed by atoms with Crippen LogP contribution in [-0.4, -0.2) is 19.4 Å². The predicted molar refractivity (Wildman–Crippen MR) is 248 cm³/mol. The molecule has 0 aliphatic heterocycles. The van der Waals surface area contributed by atoms with Crippen LogP contribution in [0, 0.1) is 0 Å². The maximum atomic E-state index is 5.38. The molecule has 3 heterocycles. The lowest BCUT2D eigenvalue weighted by molar-refractivity contribution is -0.595. The molecule has 1 atom stereocenters. The topological polar surface area (TPSA) is 47.0 Å². The highest BCUT2D eigenvalue weighted by Crippen LogP contribution is 2.39. The van der Waals surface area contributed by atoms with Gasteiger partial charge in [0.2, 0.25) is 18.1 Å². The van der Waals surface area contributed by atoms with Gasteiger partial charge in [0, 0.05) is 45.9 Å². The molecule has 0 N–H and O–H groups in total. The summed E-state index contributed by atoms with van der Waals surface area (Å²) in [5, 5.41) is 0. The summed E-state index contributed by atoms with van der Waals surface area (Å²) in [7, 11) is 0. The Morgan fingerprint density at radius 1 is 0.492 bits per heavy atom. The Labute approximate surface area is 356 Å². The van der Waals surface area contributed by atoms with Gasteiger partial charge in [-0.15, -0.1) is 0 Å². The number of nitrogens with zero attached hydrogens (tertiary/aromatic N) is 5. The van der Waals surface area contributed by atoms with Gasteiger partial charge in [-0.3, -0.25) is 4.40 Å². The molecule has 6 aromatic carbocycles. The molecule has 11 rings (SSSR count). The molecule has 1 unspecified atom stereocenters. The van der Waals surface area contributed by atoms with Crippen molar-refractivity contribution in [2.45, 2.75) is 25.2 Å². The van der Waals surface area contributed by atoms with Crippen LogP contribution in [0.25, 0.3) is 84.8 Å². The van der Waals surface area contributed by atoms with Gasteiger partial charge in [0.05, 0.1) is 5.69 Å². The van der Waals surface area contributed by atoms with Crippen molar-refractivity contribution in [3.8, 4) is 73.1 Å². The summed E-state index contributed by atoms with van der Waals surface area (Å²) in [6.45, 7) is 0. The van der Waals surface area contributed by atoms with Gasteiger partial charge in [0.25, 0.3) is 0 Å². The highest BCUT2D eigenvalue weighted by molar-refractivity contribution is 5.84. The minimum atomic E-state index is 0.144. The first-order valence-electron chi connectivity index (χ1n) is 21.1. The van der Waals surface area contributed by atoms with Gasteiger partial charge in [-0.2, -0.15) is 4.57 Å². The first kappa shape index (κ1) is 36.3. The first-order chi connectivity index (χ1) is 30.2. The van der Waals surface area contributed by atoms with Crippen LogP contribution >= 0.6 is 0 Å². The number of benzene rings is 6. The van der Waals surface area contributed by atoms with E-state index >= 15 is 0 Å². The zero-order chi connectivity index (χ0) is 40.5. The Morgan fingerprint density at radius 2 is 1.03 bits per heavy atom. The molecule has 2 aliphatic carbocycles. The molecule has 0 radical (unpaired) electrons. The molecular weight excluding hydrogens is 743 g/mol. The van der Waals surface area contributed by atoms with E-state index in [-0.39, 0.29) is 5.92 Å². The molecule has 0 saturated heterocycles. The van der Waals surface area contributed by atoms with E-state index in [1.54, 1.807) is 0 Å². The molecule has 61 heavy (non-hydrogen) atoms. The Morgan fingerprint density at radius 3 is 1.66 bits per heavy atom. The van der Waals surface area contributed by atoms with E-state index in [1.165, 1.54) is 33.5 Å². The summed E-state index contributed by atoms with van der Waals surface area (Å²) in [6, 6.07) is 57.7. The fourth-order valence-electron chi connectivity index (χ4n) is 8.76. The van der Waals surface area contributed by atoms with E-state index < -0.39 is 0 Å². The van der Waals surface area contributed by atoms with E-state index in [9.17, 15) is 0 Å². The molecule has 0 bridgehead atoms.